The van der Waals surface area contributed by atoms with E-state index in [1.807, 2.05) is 0 Å². The fourth-order valence-corrected chi connectivity index (χ4v) is 8.86. The van der Waals surface area contributed by atoms with E-state index < -0.39 is 38.2 Å². The molecule has 0 aliphatic heterocycles. The number of aliphatic hydroxyl groups is 1. The zero-order chi connectivity index (χ0) is 19.7. The van der Waals surface area contributed by atoms with Gasteiger partial charge in [0.25, 0.3) is 0 Å². The van der Waals surface area contributed by atoms with Crippen molar-refractivity contribution in [2.75, 3.05) is 6.61 Å². The average Bonchev–Trinajstić information content (AvgIpc) is 2.40. The van der Waals surface area contributed by atoms with Crippen LogP contribution in [0, 0.1) is 0 Å². The highest BCUT2D eigenvalue weighted by molar-refractivity contribution is 6.71. The first-order chi connectivity index (χ1) is 11.3. The van der Waals surface area contributed by atoms with Crippen LogP contribution in [0.3, 0.4) is 0 Å². The van der Waals surface area contributed by atoms with Crippen molar-refractivity contribution in [3.8, 4) is 0 Å². The molecule has 0 radical (unpaired) electrons. The second kappa shape index (κ2) is 11.5. The summed E-state index contributed by atoms with van der Waals surface area (Å²) in [5.74, 6) is -0.416. The number of hydrogen-bond donors (Lipinski definition) is 1. The molecule has 1 N–H and O–H groups in total. The Kier molecular flexibility index (Phi) is 11.3. The lowest BCUT2D eigenvalue weighted by Gasteiger charge is -2.31. The van der Waals surface area contributed by atoms with Crippen LogP contribution in [0.5, 0.6) is 0 Å². The topological polar surface area (TPSA) is 65.0 Å². The van der Waals surface area contributed by atoms with Crippen LogP contribution in [0.2, 0.25) is 45.3 Å². The Balaban J connectivity index is 4.04. The zero-order valence-electron chi connectivity index (χ0n) is 17.2. The highest BCUT2D eigenvalue weighted by Gasteiger charge is 2.26. The minimum Gasteiger partial charge on any atom is -0.460 e. The van der Waals surface area contributed by atoms with Gasteiger partial charge < -0.3 is 18.7 Å². The third-order valence-electron chi connectivity index (χ3n) is 3.20. The number of hydrogen-bond acceptors (Lipinski definition) is 5. The monoisotopic (exact) mass is 406 g/mol. The van der Waals surface area contributed by atoms with Gasteiger partial charge in [0, 0.05) is 5.57 Å². The molecular weight excluding hydrogens is 368 g/mol. The lowest BCUT2D eigenvalue weighted by atomic mass is 10.2. The largest absolute Gasteiger partial charge is 0.460 e. The predicted octanol–water partition coefficient (Wildman–Crippen LogP) is 3.21. The van der Waals surface area contributed by atoms with Crippen LogP contribution in [0.4, 0.5) is 0 Å². The van der Waals surface area contributed by atoms with Crippen molar-refractivity contribution in [3.05, 3.63) is 12.2 Å². The molecule has 0 aliphatic rings. The molecule has 1 atom stereocenters. The van der Waals surface area contributed by atoms with E-state index in [1.54, 1.807) is 6.92 Å². The van der Waals surface area contributed by atoms with Crippen molar-refractivity contribution in [2.45, 2.75) is 83.5 Å². The van der Waals surface area contributed by atoms with Gasteiger partial charge in [-0.3, -0.25) is 0 Å². The molecule has 0 bridgehead atoms. The molecule has 0 saturated carbocycles. The minimum absolute atomic E-state index is 0.0276. The molecule has 148 valence electrons. The van der Waals surface area contributed by atoms with E-state index >= 15 is 0 Å². The molecule has 5 nitrogen and oxygen atoms in total. The van der Waals surface area contributed by atoms with Gasteiger partial charge in [-0.05, 0) is 52.6 Å². The molecule has 0 amide bonds. The summed E-state index contributed by atoms with van der Waals surface area (Å²) in [6.07, 6.45) is 2.02. The van der Waals surface area contributed by atoms with E-state index in [2.05, 4.69) is 45.9 Å². The van der Waals surface area contributed by atoms with Gasteiger partial charge in [0.2, 0.25) is 0 Å². The van der Waals surface area contributed by atoms with Gasteiger partial charge in [-0.2, -0.15) is 0 Å². The first-order valence-corrected chi connectivity index (χ1v) is 17.8. The minimum atomic E-state index is -1.60. The Hall–Kier alpha value is -0.259. The van der Waals surface area contributed by atoms with Crippen molar-refractivity contribution in [1.82, 2.24) is 0 Å². The lowest BCUT2D eigenvalue weighted by molar-refractivity contribution is -0.142. The Morgan fingerprint density at radius 2 is 1.60 bits per heavy atom. The van der Waals surface area contributed by atoms with Gasteiger partial charge in [-0.1, -0.05) is 25.5 Å². The summed E-state index contributed by atoms with van der Waals surface area (Å²) < 4.78 is 17.4. The molecule has 8 heteroatoms. The summed E-state index contributed by atoms with van der Waals surface area (Å²) in [6, 6.07) is 1.14. The molecule has 0 fully saturated rings. The normalized spacial score (nSPS) is 14.3. The van der Waals surface area contributed by atoms with E-state index in [9.17, 15) is 9.90 Å². The maximum Gasteiger partial charge on any atom is 0.333 e. The molecule has 0 heterocycles. The Bertz CT molecular complexity index is 399. The lowest BCUT2D eigenvalue weighted by Crippen LogP contribution is -2.42. The number of unbranched alkanes of at least 4 members (excludes halogenated alkanes) is 1. The Morgan fingerprint density at radius 3 is 2.04 bits per heavy atom. The first kappa shape index (κ1) is 24.7. The second-order valence-electron chi connectivity index (χ2n) is 8.56. The van der Waals surface area contributed by atoms with Crippen LogP contribution in [-0.4, -0.2) is 55.9 Å². The van der Waals surface area contributed by atoms with Crippen molar-refractivity contribution in [3.63, 3.8) is 0 Å². The number of carbonyl (C=O) groups excluding carboxylic acids is 1. The van der Waals surface area contributed by atoms with Gasteiger partial charge in [0.05, 0.1) is 15.6 Å². The molecule has 0 aromatic carbocycles. The summed E-state index contributed by atoms with van der Waals surface area (Å²) >= 11 is 0. The Morgan fingerprint density at radius 1 is 1.08 bits per heavy atom. The summed E-state index contributed by atoms with van der Waals surface area (Å²) in [5, 5.41) is 9.86. The SMILES string of the molecule is C=C(C)C(=O)OCC(O)CCCC[SiH2]C(O[Si](C)(C)C)O[Si](C)(C)C. The van der Waals surface area contributed by atoms with E-state index in [0.29, 0.717) is 12.0 Å². The maximum atomic E-state index is 11.3. The van der Waals surface area contributed by atoms with Crippen molar-refractivity contribution < 1.29 is 23.5 Å². The van der Waals surface area contributed by atoms with Gasteiger partial charge in [-0.15, -0.1) is 0 Å². The zero-order valence-corrected chi connectivity index (χ0v) is 20.6. The van der Waals surface area contributed by atoms with Crippen LogP contribution in [0.25, 0.3) is 0 Å². The molecule has 0 aromatic rings. The van der Waals surface area contributed by atoms with Gasteiger partial charge >= 0.3 is 5.97 Å². The van der Waals surface area contributed by atoms with Gasteiger partial charge in [0.1, 0.15) is 12.5 Å². The smallest absolute Gasteiger partial charge is 0.333 e. The summed E-state index contributed by atoms with van der Waals surface area (Å²) in [7, 11) is -3.67. The third-order valence-corrected chi connectivity index (χ3v) is 7.52. The number of ether oxygens (including phenoxy) is 1. The van der Waals surface area contributed by atoms with Crippen molar-refractivity contribution in [2.24, 2.45) is 0 Å². The molecule has 0 saturated heterocycles. The van der Waals surface area contributed by atoms with Crippen molar-refractivity contribution in [1.29, 1.82) is 0 Å². The molecule has 25 heavy (non-hydrogen) atoms. The molecule has 0 aromatic heterocycles. The third kappa shape index (κ3) is 15.7. The first-order valence-electron chi connectivity index (χ1n) is 9.16. The average molecular weight is 407 g/mol. The number of rotatable bonds is 13. The fourth-order valence-electron chi connectivity index (χ4n) is 2.18. The molecular formula is C17H38O5Si3. The number of carbonyl (C=O) groups is 1. The van der Waals surface area contributed by atoms with Crippen LogP contribution in [0.1, 0.15) is 26.2 Å². The molecule has 0 aliphatic carbocycles. The second-order valence-corrected chi connectivity index (χ2v) is 19.4. The Labute approximate surface area is 158 Å². The maximum absolute atomic E-state index is 11.3. The van der Waals surface area contributed by atoms with E-state index in [4.69, 9.17) is 13.6 Å². The van der Waals surface area contributed by atoms with Gasteiger partial charge in [0.15, 0.2) is 16.6 Å². The van der Waals surface area contributed by atoms with Gasteiger partial charge in [-0.25, -0.2) is 4.79 Å². The quantitative estimate of drug-likeness (QED) is 0.167. The van der Waals surface area contributed by atoms with Crippen LogP contribution in [0.15, 0.2) is 12.2 Å². The summed E-state index contributed by atoms with van der Waals surface area (Å²) in [6.45, 7) is 18.4. The van der Waals surface area contributed by atoms with E-state index in [1.165, 1.54) is 0 Å². The van der Waals surface area contributed by atoms with Crippen LogP contribution >= 0.6 is 0 Å². The molecule has 1 unspecified atom stereocenters. The number of esters is 1. The number of aliphatic hydroxyl groups excluding tert-OH is 1. The van der Waals surface area contributed by atoms with Crippen molar-refractivity contribution >= 4 is 32.1 Å². The highest BCUT2D eigenvalue weighted by atomic mass is 28.4. The van der Waals surface area contributed by atoms with Crippen LogP contribution in [-0.2, 0) is 18.4 Å². The molecule has 0 rings (SSSR count). The summed E-state index contributed by atoms with van der Waals surface area (Å²) in [5.41, 5.74) is 0.356. The molecule has 0 spiro atoms. The van der Waals surface area contributed by atoms with E-state index in [-0.39, 0.29) is 12.5 Å². The predicted molar refractivity (Wildman–Crippen MR) is 112 cm³/mol. The highest BCUT2D eigenvalue weighted by Crippen LogP contribution is 2.15. The fraction of sp³-hybridized carbons (Fsp3) is 0.824. The summed E-state index contributed by atoms with van der Waals surface area (Å²) in [4.78, 5) is 11.3. The standard InChI is InChI=1S/C17H38O5Si3/c1-14(2)16(19)20-13-15(18)11-9-10-12-23-17(21-24(3,4)5)22-25(6,7)8/h15,17-18H,1,9-13,23H2,2-8H3. The van der Waals surface area contributed by atoms with Crippen LogP contribution < -0.4 is 0 Å². The van der Waals surface area contributed by atoms with E-state index in [0.717, 1.165) is 18.9 Å².